The molecule has 0 aliphatic rings. The van der Waals surface area contributed by atoms with E-state index in [4.69, 9.17) is 11.6 Å². The molecule has 6 heteroatoms. The summed E-state index contributed by atoms with van der Waals surface area (Å²) in [6.45, 7) is 0.447. The first-order valence-electron chi connectivity index (χ1n) is 8.86. The maximum Gasteiger partial charge on any atom is 0.269 e. The van der Waals surface area contributed by atoms with Crippen LogP contribution in [-0.4, -0.2) is 30.4 Å². The highest BCUT2D eigenvalue weighted by molar-refractivity contribution is 6.30. The molecule has 142 valence electrons. The van der Waals surface area contributed by atoms with Gasteiger partial charge >= 0.3 is 0 Å². The maximum absolute atomic E-state index is 12.7. The van der Waals surface area contributed by atoms with Gasteiger partial charge in [-0.05, 0) is 48.4 Å². The van der Waals surface area contributed by atoms with Gasteiger partial charge in [-0.15, -0.1) is 0 Å². The summed E-state index contributed by atoms with van der Waals surface area (Å²) >= 11 is 5.97. The highest BCUT2D eigenvalue weighted by Gasteiger charge is 2.16. The number of nitrogens with zero attached hydrogens (tertiary/aromatic N) is 2. The Morgan fingerprint density at radius 2 is 1.82 bits per heavy atom. The molecule has 0 aliphatic heterocycles. The normalized spacial score (nSPS) is 10.4. The van der Waals surface area contributed by atoms with E-state index in [0.717, 1.165) is 11.3 Å². The van der Waals surface area contributed by atoms with Crippen molar-refractivity contribution in [1.29, 1.82) is 0 Å². The van der Waals surface area contributed by atoms with E-state index >= 15 is 0 Å². The smallest absolute Gasteiger partial charge is 0.269 e. The highest BCUT2D eigenvalue weighted by Crippen LogP contribution is 2.15. The van der Waals surface area contributed by atoms with Crippen molar-refractivity contribution < 1.29 is 9.59 Å². The Morgan fingerprint density at radius 3 is 2.57 bits per heavy atom. The molecule has 1 heterocycles. The minimum Gasteiger partial charge on any atom is -0.350 e. The molecule has 0 aliphatic carbocycles. The first kappa shape index (κ1) is 19.6. The topological polar surface area (TPSA) is 62.3 Å². The van der Waals surface area contributed by atoms with Gasteiger partial charge in [0, 0.05) is 36.1 Å². The lowest BCUT2D eigenvalue weighted by atomic mass is 10.1. The minimum atomic E-state index is -0.320. The van der Waals surface area contributed by atoms with Crippen molar-refractivity contribution in [2.45, 2.75) is 6.42 Å². The van der Waals surface area contributed by atoms with Crippen LogP contribution in [0.15, 0.2) is 72.9 Å². The van der Waals surface area contributed by atoms with Gasteiger partial charge in [0.1, 0.15) is 5.69 Å². The largest absolute Gasteiger partial charge is 0.350 e. The number of pyridine rings is 1. The zero-order valence-electron chi connectivity index (χ0n) is 15.4. The fraction of sp³-hybridized carbons (Fsp3) is 0.136. The second-order valence-electron chi connectivity index (χ2n) is 6.27. The molecule has 2 aromatic carbocycles. The van der Waals surface area contributed by atoms with Gasteiger partial charge in [-0.3, -0.25) is 14.6 Å². The lowest BCUT2D eigenvalue weighted by molar-refractivity contribution is 0.0949. The van der Waals surface area contributed by atoms with E-state index in [1.54, 1.807) is 13.1 Å². The Balaban J connectivity index is 1.63. The number of hydrogen-bond donors (Lipinski definition) is 1. The van der Waals surface area contributed by atoms with Crippen LogP contribution in [0.3, 0.4) is 0 Å². The summed E-state index contributed by atoms with van der Waals surface area (Å²) in [4.78, 5) is 30.7. The zero-order valence-corrected chi connectivity index (χ0v) is 16.2. The number of carbonyl (C=O) groups excluding carboxylic acids is 2. The number of amides is 2. The number of rotatable bonds is 6. The predicted octanol–water partition coefficient (Wildman–Crippen LogP) is 3.98. The second-order valence-corrected chi connectivity index (χ2v) is 6.70. The van der Waals surface area contributed by atoms with E-state index in [0.29, 0.717) is 23.6 Å². The molecule has 5 nitrogen and oxygen atoms in total. The molecule has 2 amide bonds. The molecule has 1 aromatic heterocycles. The zero-order chi connectivity index (χ0) is 19.9. The van der Waals surface area contributed by atoms with E-state index in [1.807, 2.05) is 54.6 Å². The van der Waals surface area contributed by atoms with Crippen LogP contribution >= 0.6 is 11.6 Å². The monoisotopic (exact) mass is 393 g/mol. The van der Waals surface area contributed by atoms with Crippen LogP contribution in [0.4, 0.5) is 5.69 Å². The number of nitrogens with one attached hydrogen (secondary N) is 1. The molecular weight excluding hydrogens is 374 g/mol. The van der Waals surface area contributed by atoms with Gasteiger partial charge < -0.3 is 10.2 Å². The third-order valence-electron chi connectivity index (χ3n) is 4.28. The molecule has 3 rings (SSSR count). The Bertz CT molecular complexity index is 976. The molecular formula is C22H20ClN3O2. The third kappa shape index (κ3) is 4.96. The Morgan fingerprint density at radius 1 is 1.04 bits per heavy atom. The average molecular weight is 394 g/mol. The van der Waals surface area contributed by atoms with Crippen LogP contribution in [0.5, 0.6) is 0 Å². The lowest BCUT2D eigenvalue weighted by Gasteiger charge is -2.17. The molecule has 0 bridgehead atoms. The van der Waals surface area contributed by atoms with Gasteiger partial charge in [-0.1, -0.05) is 41.9 Å². The standard InChI is InChI=1S/C22H20ClN3O2/c1-26(19-8-3-2-4-9-19)22(28)17-11-13-24-20(15-17)21(27)25-12-10-16-6-5-7-18(23)14-16/h2-9,11,13-15H,10,12H2,1H3,(H,25,27). The van der Waals surface area contributed by atoms with Crippen molar-refractivity contribution in [3.63, 3.8) is 0 Å². The van der Waals surface area contributed by atoms with Crippen molar-refractivity contribution in [2.75, 3.05) is 18.5 Å². The summed E-state index contributed by atoms with van der Waals surface area (Å²) in [5.74, 6) is -0.527. The number of halogens is 1. The number of benzene rings is 2. The first-order chi connectivity index (χ1) is 13.5. The quantitative estimate of drug-likeness (QED) is 0.688. The number of carbonyl (C=O) groups is 2. The lowest BCUT2D eigenvalue weighted by Crippen LogP contribution is -2.29. The van der Waals surface area contributed by atoms with Gasteiger partial charge in [-0.2, -0.15) is 0 Å². The van der Waals surface area contributed by atoms with Crippen LogP contribution in [0.2, 0.25) is 5.02 Å². The first-order valence-corrected chi connectivity index (χ1v) is 9.24. The van der Waals surface area contributed by atoms with E-state index in [1.165, 1.54) is 17.2 Å². The van der Waals surface area contributed by atoms with E-state index in [9.17, 15) is 9.59 Å². The van der Waals surface area contributed by atoms with Gasteiger partial charge in [0.25, 0.3) is 11.8 Å². The van der Waals surface area contributed by atoms with Gasteiger partial charge in [-0.25, -0.2) is 0 Å². The highest BCUT2D eigenvalue weighted by atomic mass is 35.5. The number of aromatic nitrogens is 1. The average Bonchev–Trinajstić information content (AvgIpc) is 2.73. The van der Waals surface area contributed by atoms with Crippen molar-refractivity contribution in [3.8, 4) is 0 Å². The second kappa shape index (κ2) is 9.15. The SMILES string of the molecule is CN(C(=O)c1ccnc(C(=O)NCCc2cccc(Cl)c2)c1)c1ccccc1. The fourth-order valence-corrected chi connectivity index (χ4v) is 2.97. The summed E-state index contributed by atoms with van der Waals surface area (Å²) < 4.78 is 0. The Labute approximate surface area is 169 Å². The van der Waals surface area contributed by atoms with E-state index in [2.05, 4.69) is 10.3 Å². The number of para-hydroxylation sites is 1. The predicted molar refractivity (Wildman–Crippen MR) is 111 cm³/mol. The fourth-order valence-electron chi connectivity index (χ4n) is 2.75. The van der Waals surface area contributed by atoms with Crippen LogP contribution in [0.25, 0.3) is 0 Å². The summed E-state index contributed by atoms with van der Waals surface area (Å²) in [5.41, 5.74) is 2.42. The maximum atomic E-state index is 12.7. The van der Waals surface area contributed by atoms with Crippen LogP contribution in [0.1, 0.15) is 26.4 Å². The molecule has 0 spiro atoms. The Kier molecular flexibility index (Phi) is 6.40. The molecule has 0 fully saturated rings. The summed E-state index contributed by atoms with van der Waals surface area (Å²) in [7, 11) is 1.70. The van der Waals surface area contributed by atoms with Gasteiger partial charge in [0.2, 0.25) is 0 Å². The third-order valence-corrected chi connectivity index (χ3v) is 4.51. The Hall–Kier alpha value is -3.18. The molecule has 0 saturated carbocycles. The van der Waals surface area contributed by atoms with Crippen LogP contribution in [0, 0.1) is 0 Å². The molecule has 0 unspecified atom stereocenters. The van der Waals surface area contributed by atoms with Crippen molar-refractivity contribution in [3.05, 3.63) is 94.8 Å². The van der Waals surface area contributed by atoms with Crippen molar-refractivity contribution in [1.82, 2.24) is 10.3 Å². The van der Waals surface area contributed by atoms with Gasteiger partial charge in [0.05, 0.1) is 0 Å². The molecule has 1 N–H and O–H groups in total. The summed E-state index contributed by atoms with van der Waals surface area (Å²) in [5, 5.41) is 3.49. The van der Waals surface area contributed by atoms with Crippen molar-refractivity contribution in [2.24, 2.45) is 0 Å². The molecule has 0 saturated heterocycles. The molecule has 28 heavy (non-hydrogen) atoms. The molecule has 0 radical (unpaired) electrons. The minimum absolute atomic E-state index is 0.207. The molecule has 3 aromatic rings. The summed E-state index contributed by atoms with van der Waals surface area (Å²) in [6.07, 6.45) is 2.12. The number of hydrogen-bond acceptors (Lipinski definition) is 3. The van der Waals surface area contributed by atoms with Crippen molar-refractivity contribution >= 4 is 29.1 Å². The number of anilines is 1. The van der Waals surface area contributed by atoms with Crippen LogP contribution in [-0.2, 0) is 6.42 Å². The van der Waals surface area contributed by atoms with E-state index in [-0.39, 0.29) is 17.5 Å². The molecule has 0 atom stereocenters. The summed E-state index contributed by atoms with van der Waals surface area (Å²) in [6, 6.07) is 19.9. The van der Waals surface area contributed by atoms with Crippen LogP contribution < -0.4 is 10.2 Å². The van der Waals surface area contributed by atoms with E-state index < -0.39 is 0 Å². The van der Waals surface area contributed by atoms with Gasteiger partial charge in [0.15, 0.2) is 0 Å².